The molecule has 1 N–H and O–H groups in total. The second-order valence-electron chi connectivity index (χ2n) is 9.43. The number of aromatic nitrogens is 6. The van der Waals surface area contributed by atoms with Crippen molar-refractivity contribution < 1.29 is 18.0 Å². The minimum absolute atomic E-state index is 0.260. The monoisotopic (exact) mass is 486 g/mol. The Kier molecular flexibility index (Phi) is 5.58. The summed E-state index contributed by atoms with van der Waals surface area (Å²) >= 11 is 0. The normalized spacial score (nSPS) is 28.7. The van der Waals surface area contributed by atoms with Gasteiger partial charge in [-0.25, -0.2) is 15.0 Å². The lowest BCUT2D eigenvalue weighted by Gasteiger charge is -2.47. The molecule has 0 bridgehead atoms. The number of aldehydes is 1. The number of hydrogen-bond acceptors (Lipinski definition) is 8. The van der Waals surface area contributed by atoms with Gasteiger partial charge in [0.1, 0.15) is 17.2 Å². The molecular formula is C23H25F3N8O. The zero-order valence-electron chi connectivity index (χ0n) is 19.4. The van der Waals surface area contributed by atoms with E-state index in [1.165, 1.54) is 17.4 Å². The number of alkyl halides is 3. The van der Waals surface area contributed by atoms with Crippen molar-refractivity contribution >= 4 is 12.1 Å². The lowest BCUT2D eigenvalue weighted by Crippen LogP contribution is -2.58. The second-order valence-corrected chi connectivity index (χ2v) is 9.43. The summed E-state index contributed by atoms with van der Waals surface area (Å²) in [6.07, 6.45) is 3.71. The molecule has 6 rings (SSSR count). The Bertz CT molecular complexity index is 1220. The van der Waals surface area contributed by atoms with E-state index >= 15 is 0 Å². The average molecular weight is 487 g/mol. The van der Waals surface area contributed by atoms with Crippen LogP contribution in [-0.4, -0.2) is 66.3 Å². The first kappa shape index (κ1) is 23.3. The van der Waals surface area contributed by atoms with Crippen molar-refractivity contribution in [3.63, 3.8) is 0 Å². The molecule has 0 aromatic carbocycles. The highest BCUT2D eigenvalue weighted by Gasteiger charge is 2.75. The lowest BCUT2D eigenvalue weighted by molar-refractivity contribution is -0.141. The van der Waals surface area contributed by atoms with Gasteiger partial charge in [-0.15, -0.1) is 4.80 Å². The minimum atomic E-state index is -4.44. The van der Waals surface area contributed by atoms with E-state index in [1.807, 2.05) is 13.0 Å². The van der Waals surface area contributed by atoms with Crippen molar-refractivity contribution in [2.75, 3.05) is 12.4 Å². The number of likely N-dealkylation sites (tertiary alicyclic amines) is 1. The van der Waals surface area contributed by atoms with Crippen LogP contribution in [0.3, 0.4) is 0 Å². The molecule has 5 atom stereocenters. The number of aryl methyl sites for hydroxylation is 1. The summed E-state index contributed by atoms with van der Waals surface area (Å²) in [6, 6.07) is 4.91. The smallest absolute Gasteiger partial charge is 0.364 e. The highest BCUT2D eigenvalue weighted by Crippen LogP contribution is 2.73. The van der Waals surface area contributed by atoms with Crippen LogP contribution in [0.15, 0.2) is 36.9 Å². The van der Waals surface area contributed by atoms with Crippen molar-refractivity contribution in [2.24, 2.45) is 11.3 Å². The molecule has 3 fully saturated rings. The van der Waals surface area contributed by atoms with E-state index in [9.17, 15) is 18.0 Å². The fraction of sp³-hybridized carbons (Fsp3) is 0.478. The van der Waals surface area contributed by atoms with E-state index in [4.69, 9.17) is 0 Å². The number of nitrogens with zero attached hydrogens (tertiary/aromatic N) is 7. The number of nitrogens with one attached hydrogen (secondary N) is 1. The summed E-state index contributed by atoms with van der Waals surface area (Å²) < 4.78 is 37.4. The van der Waals surface area contributed by atoms with Gasteiger partial charge in [0, 0.05) is 23.8 Å². The molecule has 3 aromatic rings. The molecule has 3 aromatic heterocycles. The van der Waals surface area contributed by atoms with Gasteiger partial charge in [0.15, 0.2) is 12.0 Å². The second kappa shape index (κ2) is 8.36. The van der Waals surface area contributed by atoms with Gasteiger partial charge in [-0.05, 0) is 57.2 Å². The Labute approximate surface area is 199 Å². The molecule has 1 aliphatic heterocycles. The molecule has 184 valence electrons. The van der Waals surface area contributed by atoms with E-state index < -0.39 is 11.9 Å². The Morgan fingerprint density at radius 1 is 1.14 bits per heavy atom. The lowest BCUT2D eigenvalue weighted by atomic mass is 9.71. The van der Waals surface area contributed by atoms with Crippen LogP contribution >= 0.6 is 0 Å². The average Bonchev–Trinajstić information content (AvgIpc) is 3.26. The molecule has 4 heterocycles. The number of likely N-dealkylation sites (N-methyl/N-ethyl adjacent to an activating group) is 1. The number of anilines is 1. The maximum absolute atomic E-state index is 12.5. The predicted octanol–water partition coefficient (Wildman–Crippen LogP) is 3.17. The minimum Gasteiger partial charge on any atom is -0.364 e. The van der Waals surface area contributed by atoms with Gasteiger partial charge in [0.25, 0.3) is 0 Å². The summed E-state index contributed by atoms with van der Waals surface area (Å²) in [4.78, 5) is 25.9. The third-order valence-electron chi connectivity index (χ3n) is 7.47. The zero-order valence-corrected chi connectivity index (χ0v) is 19.4. The first-order valence-electron chi connectivity index (χ1n) is 11.3. The van der Waals surface area contributed by atoms with Crippen LogP contribution in [0.25, 0.3) is 5.69 Å². The summed E-state index contributed by atoms with van der Waals surface area (Å²) in [6.45, 7) is 4.08. The van der Waals surface area contributed by atoms with Crippen LogP contribution in [0.2, 0.25) is 0 Å². The van der Waals surface area contributed by atoms with Crippen molar-refractivity contribution in [1.82, 2.24) is 34.8 Å². The predicted molar refractivity (Wildman–Crippen MR) is 120 cm³/mol. The van der Waals surface area contributed by atoms with Crippen LogP contribution in [0.4, 0.5) is 19.0 Å². The topological polar surface area (TPSA) is 102 Å². The standard InChI is InChI=1S/C14H17F3N4.C9H8N4O/c1-7-8-3-13(8)4-9(12(13)21(7)2)20-11-6-18-10(5-19-11)14(15,16)17;1-7-2-3-9(8(6-14)12-7)13-10-4-5-11-13/h5-9,12H,3-4H2,1-2H3,(H,19,20);2-6H,1H3. The van der Waals surface area contributed by atoms with Crippen LogP contribution in [0, 0.1) is 18.3 Å². The molecule has 0 amide bonds. The summed E-state index contributed by atoms with van der Waals surface area (Å²) in [5, 5.41) is 11.1. The molecular weight excluding hydrogens is 461 g/mol. The number of hydrogen-bond donors (Lipinski definition) is 1. The third-order valence-corrected chi connectivity index (χ3v) is 7.47. The molecule has 35 heavy (non-hydrogen) atoms. The summed E-state index contributed by atoms with van der Waals surface area (Å²) in [7, 11) is 2.13. The van der Waals surface area contributed by atoms with Gasteiger partial charge in [-0.3, -0.25) is 9.69 Å². The van der Waals surface area contributed by atoms with Crippen molar-refractivity contribution in [2.45, 2.75) is 51.0 Å². The summed E-state index contributed by atoms with van der Waals surface area (Å²) in [5.41, 5.74) is 1.25. The molecule has 12 heteroatoms. The molecule has 1 spiro atoms. The molecule has 0 radical (unpaired) electrons. The van der Waals surface area contributed by atoms with Gasteiger partial charge in [-0.1, -0.05) is 0 Å². The number of rotatable bonds is 4. The summed E-state index contributed by atoms with van der Waals surface area (Å²) in [5.74, 6) is 1.22. The SMILES string of the molecule is CC1C2CC23CC(Nc2cnc(C(F)(F)F)cn2)C3N1C.Cc1ccc(-n2nccn2)c(C=O)n1. The van der Waals surface area contributed by atoms with Gasteiger partial charge in [0.05, 0.1) is 24.8 Å². The van der Waals surface area contributed by atoms with E-state index in [0.717, 1.165) is 24.2 Å². The first-order chi connectivity index (χ1) is 16.6. The van der Waals surface area contributed by atoms with Gasteiger partial charge < -0.3 is 5.32 Å². The number of halogens is 3. The van der Waals surface area contributed by atoms with Crippen LogP contribution in [-0.2, 0) is 6.18 Å². The van der Waals surface area contributed by atoms with Gasteiger partial charge >= 0.3 is 6.18 Å². The number of carbonyl (C=O) groups is 1. The van der Waals surface area contributed by atoms with Gasteiger partial charge in [0.2, 0.25) is 0 Å². The molecule has 5 unspecified atom stereocenters. The molecule has 2 saturated carbocycles. The molecule has 9 nitrogen and oxygen atoms in total. The number of pyridine rings is 1. The molecule has 2 aliphatic carbocycles. The van der Waals surface area contributed by atoms with Gasteiger partial charge in [-0.2, -0.15) is 23.4 Å². The quantitative estimate of drug-likeness (QED) is 0.561. The van der Waals surface area contributed by atoms with E-state index in [-0.39, 0.29) is 6.04 Å². The third kappa shape index (κ3) is 4.05. The van der Waals surface area contributed by atoms with Crippen LogP contribution in [0.5, 0.6) is 0 Å². The number of carbonyl (C=O) groups excluding carboxylic acids is 1. The van der Waals surface area contributed by atoms with Crippen LogP contribution in [0.1, 0.15) is 41.6 Å². The number of piperidine rings is 1. The molecule has 1 saturated heterocycles. The maximum Gasteiger partial charge on any atom is 0.434 e. The van der Waals surface area contributed by atoms with Crippen molar-refractivity contribution in [1.29, 1.82) is 0 Å². The Morgan fingerprint density at radius 3 is 2.49 bits per heavy atom. The maximum atomic E-state index is 12.5. The Hall–Kier alpha value is -3.41. The highest BCUT2D eigenvalue weighted by molar-refractivity contribution is 5.77. The van der Waals surface area contributed by atoms with E-state index in [1.54, 1.807) is 18.5 Å². The fourth-order valence-electron chi connectivity index (χ4n) is 5.72. The van der Waals surface area contributed by atoms with E-state index in [0.29, 0.717) is 41.0 Å². The first-order valence-corrected chi connectivity index (χ1v) is 11.3. The Balaban J connectivity index is 0.000000158. The van der Waals surface area contributed by atoms with Crippen molar-refractivity contribution in [3.05, 3.63) is 54.0 Å². The Morgan fingerprint density at radius 2 is 1.89 bits per heavy atom. The van der Waals surface area contributed by atoms with E-state index in [2.05, 4.69) is 49.3 Å². The van der Waals surface area contributed by atoms with Crippen molar-refractivity contribution in [3.8, 4) is 5.69 Å². The largest absolute Gasteiger partial charge is 0.434 e. The highest BCUT2D eigenvalue weighted by atomic mass is 19.4. The van der Waals surface area contributed by atoms with Crippen LogP contribution < -0.4 is 5.32 Å². The fourth-order valence-corrected chi connectivity index (χ4v) is 5.72. The zero-order chi connectivity index (χ0) is 25.0. The molecule has 3 aliphatic rings.